The molecule has 0 aliphatic carbocycles. The smallest absolute Gasteiger partial charge is 0.223 e. The maximum atomic E-state index is 12.0. The van der Waals surface area contributed by atoms with E-state index in [0.717, 1.165) is 16.8 Å². The monoisotopic (exact) mass is 344 g/mol. The van der Waals surface area contributed by atoms with E-state index in [1.807, 2.05) is 49.4 Å². The van der Waals surface area contributed by atoms with Crippen molar-refractivity contribution >= 4 is 29.1 Å². The van der Waals surface area contributed by atoms with Crippen LogP contribution in [0.3, 0.4) is 0 Å². The summed E-state index contributed by atoms with van der Waals surface area (Å²) in [5.41, 5.74) is 2.79. The molecule has 0 saturated carbocycles. The largest absolute Gasteiger partial charge is 0.352 e. The Morgan fingerprint density at radius 3 is 2.38 bits per heavy atom. The molecule has 0 fully saturated rings. The summed E-state index contributed by atoms with van der Waals surface area (Å²) in [4.78, 5) is 25.5. The zero-order valence-corrected chi connectivity index (χ0v) is 14.6. The van der Waals surface area contributed by atoms with Crippen LogP contribution in [0.4, 0.5) is 5.69 Å². The predicted octanol–water partition coefficient (Wildman–Crippen LogP) is 3.71. The molecule has 0 aromatic heterocycles. The van der Waals surface area contributed by atoms with Crippen LogP contribution in [0, 0.1) is 6.92 Å². The number of aryl methyl sites for hydroxylation is 1. The van der Waals surface area contributed by atoms with Crippen LogP contribution in [0.1, 0.15) is 24.5 Å². The molecule has 0 aliphatic heterocycles. The Morgan fingerprint density at radius 2 is 1.75 bits per heavy atom. The Bertz CT molecular complexity index is 714. The molecule has 0 radical (unpaired) electrons. The van der Waals surface area contributed by atoms with Crippen molar-refractivity contribution in [1.29, 1.82) is 0 Å². The SMILES string of the molecule is CC(=O)N(CCC(=O)NCc1ccccc1Cl)c1ccc(C)cc1. The molecule has 0 atom stereocenters. The molecule has 4 nitrogen and oxygen atoms in total. The fraction of sp³-hybridized carbons (Fsp3) is 0.263. The Labute approximate surface area is 147 Å². The van der Waals surface area contributed by atoms with E-state index in [1.54, 1.807) is 11.0 Å². The molecule has 5 heteroatoms. The maximum Gasteiger partial charge on any atom is 0.223 e. The first-order valence-electron chi connectivity index (χ1n) is 7.82. The number of carbonyl (C=O) groups excluding carboxylic acids is 2. The number of nitrogens with zero attached hydrogens (tertiary/aromatic N) is 1. The van der Waals surface area contributed by atoms with Crippen molar-refractivity contribution in [1.82, 2.24) is 5.32 Å². The van der Waals surface area contributed by atoms with Gasteiger partial charge in [0.25, 0.3) is 0 Å². The van der Waals surface area contributed by atoms with Crippen molar-refractivity contribution in [2.45, 2.75) is 26.8 Å². The number of hydrogen-bond acceptors (Lipinski definition) is 2. The number of hydrogen-bond donors (Lipinski definition) is 1. The standard InChI is InChI=1S/C19H21ClN2O2/c1-14-7-9-17(10-8-14)22(15(2)23)12-11-19(24)21-13-16-5-3-4-6-18(16)20/h3-10H,11-13H2,1-2H3,(H,21,24). The fourth-order valence-electron chi connectivity index (χ4n) is 2.33. The maximum absolute atomic E-state index is 12.0. The first kappa shape index (κ1) is 18.0. The summed E-state index contributed by atoms with van der Waals surface area (Å²) in [5, 5.41) is 3.46. The Morgan fingerprint density at radius 1 is 1.08 bits per heavy atom. The minimum Gasteiger partial charge on any atom is -0.352 e. The molecule has 2 aromatic rings. The van der Waals surface area contributed by atoms with Gasteiger partial charge in [-0.1, -0.05) is 47.5 Å². The van der Waals surface area contributed by atoms with Gasteiger partial charge in [-0.25, -0.2) is 0 Å². The molecule has 0 aliphatic rings. The van der Waals surface area contributed by atoms with E-state index in [2.05, 4.69) is 5.32 Å². The van der Waals surface area contributed by atoms with E-state index < -0.39 is 0 Å². The van der Waals surface area contributed by atoms with Crippen molar-refractivity contribution in [3.05, 3.63) is 64.7 Å². The molecule has 24 heavy (non-hydrogen) atoms. The van der Waals surface area contributed by atoms with E-state index in [0.29, 0.717) is 18.1 Å². The van der Waals surface area contributed by atoms with E-state index >= 15 is 0 Å². The number of anilines is 1. The predicted molar refractivity (Wildman–Crippen MR) is 97.1 cm³/mol. The second-order valence-electron chi connectivity index (χ2n) is 5.62. The minimum absolute atomic E-state index is 0.0854. The van der Waals surface area contributed by atoms with Crippen LogP contribution in [0.15, 0.2) is 48.5 Å². The average molecular weight is 345 g/mol. The molecule has 0 spiro atoms. The van der Waals surface area contributed by atoms with Gasteiger partial charge in [0.1, 0.15) is 0 Å². The van der Waals surface area contributed by atoms with Crippen molar-refractivity contribution in [2.24, 2.45) is 0 Å². The van der Waals surface area contributed by atoms with Gasteiger partial charge in [-0.3, -0.25) is 9.59 Å². The van der Waals surface area contributed by atoms with Crippen molar-refractivity contribution in [2.75, 3.05) is 11.4 Å². The highest BCUT2D eigenvalue weighted by atomic mass is 35.5. The van der Waals surface area contributed by atoms with E-state index in [9.17, 15) is 9.59 Å². The van der Waals surface area contributed by atoms with Gasteiger partial charge in [0.15, 0.2) is 0 Å². The third-order valence-corrected chi connectivity index (χ3v) is 4.09. The molecule has 0 saturated heterocycles. The van der Waals surface area contributed by atoms with Gasteiger partial charge < -0.3 is 10.2 Å². The summed E-state index contributed by atoms with van der Waals surface area (Å²) in [6.45, 7) is 4.21. The van der Waals surface area contributed by atoms with Crippen LogP contribution in [-0.2, 0) is 16.1 Å². The molecule has 2 amide bonds. The highest BCUT2D eigenvalue weighted by Gasteiger charge is 2.13. The van der Waals surface area contributed by atoms with Gasteiger partial charge in [-0.15, -0.1) is 0 Å². The molecule has 2 aromatic carbocycles. The minimum atomic E-state index is -0.117. The summed E-state index contributed by atoms with van der Waals surface area (Å²) < 4.78 is 0. The highest BCUT2D eigenvalue weighted by molar-refractivity contribution is 6.31. The Kier molecular flexibility index (Phi) is 6.38. The van der Waals surface area contributed by atoms with Crippen LogP contribution in [0.25, 0.3) is 0 Å². The first-order chi connectivity index (χ1) is 11.5. The number of benzene rings is 2. The summed E-state index contributed by atoms with van der Waals surface area (Å²) in [7, 11) is 0. The van der Waals surface area contributed by atoms with Crippen LogP contribution in [0.2, 0.25) is 5.02 Å². The third kappa shape index (κ3) is 5.10. The summed E-state index contributed by atoms with van der Waals surface area (Å²) in [6, 6.07) is 15.1. The highest BCUT2D eigenvalue weighted by Crippen LogP contribution is 2.16. The fourth-order valence-corrected chi connectivity index (χ4v) is 2.53. The van der Waals surface area contributed by atoms with Crippen LogP contribution < -0.4 is 10.2 Å². The molecular formula is C19H21ClN2O2. The third-order valence-electron chi connectivity index (χ3n) is 3.72. The molecule has 2 rings (SSSR count). The average Bonchev–Trinajstić information content (AvgIpc) is 2.55. The lowest BCUT2D eigenvalue weighted by Crippen LogP contribution is -2.33. The Hall–Kier alpha value is -2.33. The van der Waals surface area contributed by atoms with Crippen molar-refractivity contribution in [3.63, 3.8) is 0 Å². The Balaban J connectivity index is 1.90. The first-order valence-corrected chi connectivity index (χ1v) is 8.20. The van der Waals surface area contributed by atoms with Gasteiger partial charge >= 0.3 is 0 Å². The lowest BCUT2D eigenvalue weighted by atomic mass is 10.2. The summed E-state index contributed by atoms with van der Waals surface area (Å²) >= 11 is 6.07. The number of carbonyl (C=O) groups is 2. The van der Waals surface area contributed by atoms with Crippen molar-refractivity contribution in [3.8, 4) is 0 Å². The van der Waals surface area contributed by atoms with Gasteiger partial charge in [0.05, 0.1) is 0 Å². The molecule has 0 bridgehead atoms. The van der Waals surface area contributed by atoms with E-state index in [1.165, 1.54) is 6.92 Å². The number of amides is 2. The summed E-state index contributed by atoms with van der Waals surface area (Å²) in [6.07, 6.45) is 0.234. The summed E-state index contributed by atoms with van der Waals surface area (Å²) in [5.74, 6) is -0.203. The van der Waals surface area contributed by atoms with Gasteiger partial charge in [0, 0.05) is 37.1 Å². The molecular weight excluding hydrogens is 324 g/mol. The quantitative estimate of drug-likeness (QED) is 0.868. The van der Waals surface area contributed by atoms with Gasteiger partial charge in [-0.05, 0) is 30.7 Å². The molecule has 0 unspecified atom stereocenters. The molecule has 0 heterocycles. The number of nitrogens with one attached hydrogen (secondary N) is 1. The lowest BCUT2D eigenvalue weighted by Gasteiger charge is -2.21. The molecule has 126 valence electrons. The zero-order chi connectivity index (χ0) is 17.5. The number of halogens is 1. The van der Waals surface area contributed by atoms with E-state index in [4.69, 9.17) is 11.6 Å². The van der Waals surface area contributed by atoms with Crippen LogP contribution in [0.5, 0.6) is 0 Å². The molecule has 1 N–H and O–H groups in total. The van der Waals surface area contributed by atoms with Gasteiger partial charge in [0.2, 0.25) is 11.8 Å². The van der Waals surface area contributed by atoms with E-state index in [-0.39, 0.29) is 18.2 Å². The zero-order valence-electron chi connectivity index (χ0n) is 13.9. The van der Waals surface area contributed by atoms with Crippen molar-refractivity contribution < 1.29 is 9.59 Å². The van der Waals surface area contributed by atoms with Gasteiger partial charge in [-0.2, -0.15) is 0 Å². The number of rotatable bonds is 6. The topological polar surface area (TPSA) is 49.4 Å². The lowest BCUT2D eigenvalue weighted by molar-refractivity contribution is -0.121. The second-order valence-corrected chi connectivity index (χ2v) is 6.03. The normalized spacial score (nSPS) is 10.3. The second kappa shape index (κ2) is 8.50. The van der Waals surface area contributed by atoms with Crippen LogP contribution in [-0.4, -0.2) is 18.4 Å². The van der Waals surface area contributed by atoms with Crippen LogP contribution >= 0.6 is 11.6 Å².